The van der Waals surface area contributed by atoms with Gasteiger partial charge in [-0.3, -0.25) is 9.48 Å². The smallest absolute Gasteiger partial charge is 0.367 e. The number of carbonyl (C=O) groups is 1. The summed E-state index contributed by atoms with van der Waals surface area (Å²) < 4.78 is 68.8. The third-order valence-corrected chi connectivity index (χ3v) is 4.95. The molecule has 2 N–H and O–H groups in total. The molecule has 1 fully saturated rings. The number of hydrogen-bond donors (Lipinski definition) is 2. The van der Waals surface area contributed by atoms with Gasteiger partial charge >= 0.3 is 6.18 Å². The lowest BCUT2D eigenvalue weighted by Gasteiger charge is -2.29. The van der Waals surface area contributed by atoms with Crippen molar-refractivity contribution in [3.8, 4) is 0 Å². The van der Waals surface area contributed by atoms with Gasteiger partial charge in [0.2, 0.25) is 5.92 Å². The number of alkyl halides is 5. The summed E-state index contributed by atoms with van der Waals surface area (Å²) in [6.45, 7) is 0. The molecule has 1 amide bonds. The largest absolute Gasteiger partial charge is 0.437 e. The Labute approximate surface area is 172 Å². The van der Waals surface area contributed by atoms with Gasteiger partial charge in [-0.2, -0.15) is 23.4 Å². The van der Waals surface area contributed by atoms with Gasteiger partial charge in [0.1, 0.15) is 11.4 Å². The molecule has 3 aromatic heterocycles. The van der Waals surface area contributed by atoms with Gasteiger partial charge in [0, 0.05) is 38.3 Å². The van der Waals surface area contributed by atoms with Crippen LogP contribution in [-0.4, -0.2) is 42.3 Å². The highest BCUT2D eigenvalue weighted by atomic mass is 19.4. The molecular weight excluding hydrogens is 425 g/mol. The molecule has 31 heavy (non-hydrogen) atoms. The Bertz CT molecular complexity index is 1120. The highest BCUT2D eigenvalue weighted by Crippen LogP contribution is 2.35. The summed E-state index contributed by atoms with van der Waals surface area (Å²) in [4.78, 5) is 16.9. The zero-order valence-corrected chi connectivity index (χ0v) is 16.2. The number of fused-ring (bicyclic) bond motifs is 1. The average molecular weight is 443 g/mol. The van der Waals surface area contributed by atoms with Crippen molar-refractivity contribution >= 4 is 23.1 Å². The Morgan fingerprint density at radius 2 is 2.10 bits per heavy atom. The molecule has 0 saturated heterocycles. The van der Waals surface area contributed by atoms with E-state index in [9.17, 15) is 26.7 Å². The third kappa shape index (κ3) is 4.44. The molecule has 1 atom stereocenters. The van der Waals surface area contributed by atoms with E-state index < -0.39 is 35.4 Å². The first-order valence-corrected chi connectivity index (χ1v) is 9.43. The number of halogens is 5. The van der Waals surface area contributed by atoms with Crippen LogP contribution in [0.2, 0.25) is 0 Å². The fourth-order valence-electron chi connectivity index (χ4n) is 3.59. The zero-order valence-electron chi connectivity index (χ0n) is 16.2. The van der Waals surface area contributed by atoms with Gasteiger partial charge in [-0.1, -0.05) is 0 Å². The standard InChI is InChI=1S/C18H18F5N7O/c1-29-9-12(14(28-29)18(21,22)23)26-16(31)11-8-24-30-6-4-13(27-15(11)30)25-10-3-2-5-17(19,20)7-10/h4,6,8-10H,2-3,5,7H2,1H3,(H,25,27)(H,26,31)/t10-/m0/s1. The molecule has 0 aliphatic heterocycles. The van der Waals surface area contributed by atoms with Crippen molar-refractivity contribution in [2.45, 2.75) is 43.8 Å². The van der Waals surface area contributed by atoms with Gasteiger partial charge in [0.25, 0.3) is 5.91 Å². The number of rotatable bonds is 4. The van der Waals surface area contributed by atoms with Gasteiger partial charge in [0.05, 0.1) is 11.9 Å². The summed E-state index contributed by atoms with van der Waals surface area (Å²) in [7, 11) is 1.30. The Morgan fingerprint density at radius 3 is 2.81 bits per heavy atom. The van der Waals surface area contributed by atoms with E-state index in [-0.39, 0.29) is 29.9 Å². The maximum Gasteiger partial charge on any atom is 0.437 e. The number of hydrogen-bond acceptors (Lipinski definition) is 5. The molecule has 1 aliphatic rings. The first kappa shape index (κ1) is 21.0. The monoisotopic (exact) mass is 443 g/mol. The molecule has 0 unspecified atom stereocenters. The molecule has 0 spiro atoms. The second kappa shape index (κ2) is 7.46. The highest BCUT2D eigenvalue weighted by Gasteiger charge is 2.38. The van der Waals surface area contributed by atoms with Crippen LogP contribution in [0.25, 0.3) is 5.65 Å². The summed E-state index contributed by atoms with van der Waals surface area (Å²) >= 11 is 0. The molecule has 0 radical (unpaired) electrons. The number of aryl methyl sites for hydroxylation is 1. The first-order chi connectivity index (χ1) is 14.5. The minimum absolute atomic E-state index is 0.0718. The number of amides is 1. The lowest BCUT2D eigenvalue weighted by atomic mass is 9.92. The van der Waals surface area contributed by atoms with Crippen LogP contribution >= 0.6 is 0 Å². The van der Waals surface area contributed by atoms with Crippen LogP contribution in [0.4, 0.5) is 33.5 Å². The molecule has 3 heterocycles. The van der Waals surface area contributed by atoms with E-state index in [1.165, 1.54) is 30.0 Å². The van der Waals surface area contributed by atoms with Crippen molar-refractivity contribution in [3.05, 3.63) is 35.9 Å². The van der Waals surface area contributed by atoms with Gasteiger partial charge in [-0.25, -0.2) is 18.3 Å². The maximum absolute atomic E-state index is 13.6. The van der Waals surface area contributed by atoms with Crippen LogP contribution in [0.1, 0.15) is 41.7 Å². The molecule has 166 valence electrons. The van der Waals surface area contributed by atoms with E-state index >= 15 is 0 Å². The maximum atomic E-state index is 13.6. The Balaban J connectivity index is 1.57. The molecule has 0 bridgehead atoms. The summed E-state index contributed by atoms with van der Waals surface area (Å²) in [6.07, 6.45) is -0.616. The molecule has 13 heteroatoms. The molecule has 4 rings (SSSR count). The van der Waals surface area contributed by atoms with E-state index in [1.54, 1.807) is 0 Å². The van der Waals surface area contributed by atoms with Crippen LogP contribution in [-0.2, 0) is 13.2 Å². The van der Waals surface area contributed by atoms with Gasteiger partial charge in [-0.05, 0) is 18.9 Å². The topological polar surface area (TPSA) is 89.1 Å². The minimum Gasteiger partial charge on any atom is -0.367 e. The van der Waals surface area contributed by atoms with Gasteiger partial charge < -0.3 is 10.6 Å². The van der Waals surface area contributed by atoms with Crippen molar-refractivity contribution in [2.24, 2.45) is 7.05 Å². The summed E-state index contributed by atoms with van der Waals surface area (Å²) in [5, 5.41) is 12.4. The molecule has 0 aromatic carbocycles. The predicted octanol–water partition coefficient (Wildman–Crippen LogP) is 3.72. The molecule has 8 nitrogen and oxygen atoms in total. The Hall–Kier alpha value is -3.25. The first-order valence-electron chi connectivity index (χ1n) is 9.43. The molecule has 1 aliphatic carbocycles. The number of nitrogens with zero attached hydrogens (tertiary/aromatic N) is 5. The van der Waals surface area contributed by atoms with Crippen molar-refractivity contribution in [3.63, 3.8) is 0 Å². The van der Waals surface area contributed by atoms with E-state index in [1.807, 2.05) is 0 Å². The minimum atomic E-state index is -4.75. The fourth-order valence-corrected chi connectivity index (χ4v) is 3.59. The van der Waals surface area contributed by atoms with Crippen LogP contribution in [0, 0.1) is 0 Å². The van der Waals surface area contributed by atoms with E-state index in [0.29, 0.717) is 12.8 Å². The van der Waals surface area contributed by atoms with Crippen molar-refractivity contribution in [2.75, 3.05) is 10.6 Å². The highest BCUT2D eigenvalue weighted by molar-refractivity contribution is 6.08. The number of anilines is 2. The normalized spacial score (nSPS) is 18.8. The second-order valence-corrected chi connectivity index (χ2v) is 7.45. The SMILES string of the molecule is Cn1cc(NC(=O)c2cnn3ccc(N[C@H]4CCCC(F)(F)C4)nc23)c(C(F)(F)F)n1. The Morgan fingerprint density at radius 1 is 1.32 bits per heavy atom. The molecular formula is C18H18F5N7O. The number of carbonyl (C=O) groups excluding carboxylic acids is 1. The molecule has 1 saturated carbocycles. The third-order valence-electron chi connectivity index (χ3n) is 4.95. The lowest BCUT2D eigenvalue weighted by molar-refractivity contribution is -0.140. The van der Waals surface area contributed by atoms with E-state index in [2.05, 4.69) is 25.8 Å². The van der Waals surface area contributed by atoms with Crippen LogP contribution in [0.15, 0.2) is 24.7 Å². The van der Waals surface area contributed by atoms with Crippen LogP contribution in [0.3, 0.4) is 0 Å². The number of aromatic nitrogens is 5. The van der Waals surface area contributed by atoms with Crippen molar-refractivity contribution in [1.82, 2.24) is 24.4 Å². The van der Waals surface area contributed by atoms with Crippen LogP contribution in [0.5, 0.6) is 0 Å². The fraction of sp³-hybridized carbons (Fsp3) is 0.444. The van der Waals surface area contributed by atoms with Gasteiger partial charge in [-0.15, -0.1) is 0 Å². The predicted molar refractivity (Wildman–Crippen MR) is 100.0 cm³/mol. The zero-order chi connectivity index (χ0) is 22.4. The summed E-state index contributed by atoms with van der Waals surface area (Å²) in [6, 6.07) is 1.04. The lowest BCUT2D eigenvalue weighted by Crippen LogP contribution is -2.34. The van der Waals surface area contributed by atoms with Crippen LogP contribution < -0.4 is 10.6 Å². The molecule has 3 aromatic rings. The van der Waals surface area contributed by atoms with Crippen molar-refractivity contribution < 1.29 is 26.7 Å². The Kier molecular flexibility index (Phi) is 5.06. The average Bonchev–Trinajstić information content (AvgIpc) is 3.23. The number of nitrogens with one attached hydrogen (secondary N) is 2. The quantitative estimate of drug-likeness (QED) is 0.600. The van der Waals surface area contributed by atoms with Crippen molar-refractivity contribution in [1.29, 1.82) is 0 Å². The van der Waals surface area contributed by atoms with Gasteiger partial charge in [0.15, 0.2) is 11.3 Å². The van der Waals surface area contributed by atoms with E-state index in [0.717, 1.165) is 10.9 Å². The van der Waals surface area contributed by atoms with E-state index in [4.69, 9.17) is 0 Å². The second-order valence-electron chi connectivity index (χ2n) is 7.45. The summed E-state index contributed by atoms with van der Waals surface area (Å²) in [5.41, 5.74) is -1.73. The summed E-state index contributed by atoms with van der Waals surface area (Å²) in [5.74, 6) is -3.34.